The highest BCUT2D eigenvalue weighted by atomic mass is 32.1. The Kier molecular flexibility index (Phi) is 2.27. The van der Waals surface area contributed by atoms with Crippen LogP contribution in [0.3, 0.4) is 0 Å². The number of hydrogen-bond donors (Lipinski definition) is 1. The van der Waals surface area contributed by atoms with Crippen molar-refractivity contribution in [2.45, 2.75) is 31.7 Å². The third-order valence-corrected chi connectivity index (χ3v) is 1.74. The summed E-state index contributed by atoms with van der Waals surface area (Å²) in [5.74, 6) is 0. The number of thiocarbonyl (C=S) groups is 1. The van der Waals surface area contributed by atoms with Gasteiger partial charge in [0.2, 0.25) is 0 Å². The molecule has 1 rings (SSSR count). The first-order valence-electron chi connectivity index (χ1n) is 3.06. The van der Waals surface area contributed by atoms with Gasteiger partial charge in [0, 0.05) is 6.04 Å². The van der Waals surface area contributed by atoms with Crippen molar-refractivity contribution in [2.75, 3.05) is 0 Å². The van der Waals surface area contributed by atoms with E-state index in [-0.39, 0.29) is 0 Å². The van der Waals surface area contributed by atoms with E-state index in [2.05, 4.69) is 23.0 Å². The fourth-order valence-electron chi connectivity index (χ4n) is 1.15. The van der Waals surface area contributed by atoms with Crippen molar-refractivity contribution < 1.29 is 0 Å². The standard InChI is InChI=1S/C6H10NS/c8-5-7-6-3-1-2-4-6/h6H,1-4H2,(H,7,8). The lowest BCUT2D eigenvalue weighted by atomic mass is 10.3. The monoisotopic (exact) mass is 128 g/mol. The maximum absolute atomic E-state index is 4.53. The Morgan fingerprint density at radius 2 is 2.00 bits per heavy atom. The molecule has 0 atom stereocenters. The summed E-state index contributed by atoms with van der Waals surface area (Å²) in [7, 11) is 0. The van der Waals surface area contributed by atoms with Crippen LogP contribution in [0.4, 0.5) is 0 Å². The summed E-state index contributed by atoms with van der Waals surface area (Å²) in [6, 6.07) is 0.646. The summed E-state index contributed by atoms with van der Waals surface area (Å²) in [6.45, 7) is 0. The fourth-order valence-corrected chi connectivity index (χ4v) is 1.32. The van der Waals surface area contributed by atoms with Crippen LogP contribution >= 0.6 is 12.2 Å². The molecule has 8 heavy (non-hydrogen) atoms. The highest BCUT2D eigenvalue weighted by molar-refractivity contribution is 7.78. The Bertz CT molecular complexity index is 76.6. The Labute approximate surface area is 55.5 Å². The van der Waals surface area contributed by atoms with Gasteiger partial charge in [0.15, 0.2) is 0 Å². The first kappa shape index (κ1) is 6.02. The molecule has 1 saturated carbocycles. The summed E-state index contributed by atoms with van der Waals surface area (Å²) in [4.78, 5) is 0. The van der Waals surface area contributed by atoms with E-state index in [4.69, 9.17) is 0 Å². The minimum absolute atomic E-state index is 0.646. The highest BCUT2D eigenvalue weighted by Gasteiger charge is 2.11. The summed E-state index contributed by atoms with van der Waals surface area (Å²) in [6.07, 6.45) is 5.27. The lowest BCUT2D eigenvalue weighted by molar-refractivity contribution is 0.641. The Balaban J connectivity index is 2.14. The quantitative estimate of drug-likeness (QED) is 0.445. The lowest BCUT2D eigenvalue weighted by Gasteiger charge is -2.04. The second-order valence-electron chi connectivity index (χ2n) is 2.23. The van der Waals surface area contributed by atoms with Gasteiger partial charge in [0.25, 0.3) is 0 Å². The predicted molar refractivity (Wildman–Crippen MR) is 38.0 cm³/mol. The van der Waals surface area contributed by atoms with Gasteiger partial charge >= 0.3 is 0 Å². The van der Waals surface area contributed by atoms with Crippen molar-refractivity contribution in [1.29, 1.82) is 0 Å². The zero-order valence-electron chi connectivity index (χ0n) is 4.81. The summed E-state index contributed by atoms with van der Waals surface area (Å²) in [5, 5.41) is 3.01. The van der Waals surface area contributed by atoms with Crippen molar-refractivity contribution >= 4 is 17.7 Å². The maximum Gasteiger partial charge on any atom is 0.134 e. The van der Waals surface area contributed by atoms with E-state index < -0.39 is 0 Å². The topological polar surface area (TPSA) is 12.0 Å². The van der Waals surface area contributed by atoms with Crippen molar-refractivity contribution in [3.05, 3.63) is 0 Å². The molecule has 0 bridgehead atoms. The van der Waals surface area contributed by atoms with Crippen LogP contribution < -0.4 is 5.32 Å². The molecule has 0 amide bonds. The van der Waals surface area contributed by atoms with E-state index >= 15 is 0 Å². The summed E-state index contributed by atoms with van der Waals surface area (Å²) >= 11 is 4.53. The minimum Gasteiger partial charge on any atom is -0.371 e. The minimum atomic E-state index is 0.646. The van der Waals surface area contributed by atoms with E-state index in [1.807, 2.05) is 0 Å². The molecule has 0 unspecified atom stereocenters. The lowest BCUT2D eigenvalue weighted by Crippen LogP contribution is -2.22. The molecule has 1 fully saturated rings. The van der Waals surface area contributed by atoms with Gasteiger partial charge in [-0.1, -0.05) is 25.1 Å². The summed E-state index contributed by atoms with van der Waals surface area (Å²) in [5.41, 5.74) is 2.54. The van der Waals surface area contributed by atoms with Crippen LogP contribution in [0.2, 0.25) is 0 Å². The van der Waals surface area contributed by atoms with Crippen LogP contribution in [0.1, 0.15) is 25.7 Å². The maximum atomic E-state index is 4.53. The third kappa shape index (κ3) is 1.44. The normalized spacial score (nSPS) is 21.0. The molecule has 45 valence electrons. The van der Waals surface area contributed by atoms with E-state index in [0.717, 1.165) is 0 Å². The van der Waals surface area contributed by atoms with Crippen molar-refractivity contribution in [2.24, 2.45) is 0 Å². The van der Waals surface area contributed by atoms with Crippen LogP contribution in [0.5, 0.6) is 0 Å². The molecular formula is C6H10NS. The second-order valence-corrected chi connectivity index (χ2v) is 2.43. The molecule has 0 aromatic heterocycles. The fraction of sp³-hybridized carbons (Fsp3) is 0.833. The summed E-state index contributed by atoms with van der Waals surface area (Å²) < 4.78 is 0. The number of rotatable bonds is 2. The molecule has 0 aliphatic heterocycles. The number of hydrogen-bond acceptors (Lipinski definition) is 1. The van der Waals surface area contributed by atoms with Gasteiger partial charge in [0.1, 0.15) is 5.49 Å². The van der Waals surface area contributed by atoms with Gasteiger partial charge in [-0.2, -0.15) is 0 Å². The predicted octanol–water partition coefficient (Wildman–Crippen LogP) is 1.35. The molecule has 1 nitrogen and oxygen atoms in total. The smallest absolute Gasteiger partial charge is 0.134 e. The van der Waals surface area contributed by atoms with Crippen LogP contribution in [-0.4, -0.2) is 11.5 Å². The first-order valence-corrected chi connectivity index (χ1v) is 3.47. The first-order chi connectivity index (χ1) is 3.93. The molecule has 2 heteroatoms. The molecule has 1 radical (unpaired) electrons. The Morgan fingerprint density at radius 1 is 1.38 bits per heavy atom. The molecular weight excluding hydrogens is 118 g/mol. The highest BCUT2D eigenvalue weighted by Crippen LogP contribution is 2.16. The van der Waals surface area contributed by atoms with Crippen LogP contribution in [0.15, 0.2) is 0 Å². The molecule has 1 aliphatic carbocycles. The molecule has 0 aromatic rings. The second kappa shape index (κ2) is 3.02. The van der Waals surface area contributed by atoms with Crippen LogP contribution in [-0.2, 0) is 0 Å². The third-order valence-electron chi connectivity index (χ3n) is 1.62. The van der Waals surface area contributed by atoms with Gasteiger partial charge in [-0.25, -0.2) is 0 Å². The average molecular weight is 128 g/mol. The van der Waals surface area contributed by atoms with Crippen molar-refractivity contribution in [1.82, 2.24) is 5.32 Å². The average Bonchev–Trinajstić information content (AvgIpc) is 2.19. The molecule has 0 spiro atoms. The zero-order valence-corrected chi connectivity index (χ0v) is 5.63. The molecule has 1 aliphatic rings. The Hall–Kier alpha value is -0.110. The van der Waals surface area contributed by atoms with Gasteiger partial charge in [-0.05, 0) is 12.8 Å². The largest absolute Gasteiger partial charge is 0.371 e. The molecule has 0 heterocycles. The van der Waals surface area contributed by atoms with Gasteiger partial charge in [0.05, 0.1) is 0 Å². The van der Waals surface area contributed by atoms with Crippen molar-refractivity contribution in [3.8, 4) is 0 Å². The van der Waals surface area contributed by atoms with E-state index in [1.54, 1.807) is 0 Å². The zero-order chi connectivity index (χ0) is 5.82. The molecule has 0 aromatic carbocycles. The SMILES string of the molecule is S=[C]NC1CCCC1. The van der Waals surface area contributed by atoms with Crippen LogP contribution in [0.25, 0.3) is 0 Å². The van der Waals surface area contributed by atoms with Crippen molar-refractivity contribution in [3.63, 3.8) is 0 Å². The van der Waals surface area contributed by atoms with E-state index in [9.17, 15) is 0 Å². The van der Waals surface area contributed by atoms with Gasteiger partial charge < -0.3 is 5.32 Å². The van der Waals surface area contributed by atoms with Gasteiger partial charge in [-0.15, -0.1) is 0 Å². The van der Waals surface area contributed by atoms with E-state index in [0.29, 0.717) is 6.04 Å². The Morgan fingerprint density at radius 3 is 2.50 bits per heavy atom. The number of nitrogens with one attached hydrogen (secondary N) is 1. The molecule has 1 N–H and O–H groups in total. The van der Waals surface area contributed by atoms with E-state index in [1.165, 1.54) is 25.7 Å². The van der Waals surface area contributed by atoms with Gasteiger partial charge in [-0.3, -0.25) is 0 Å². The van der Waals surface area contributed by atoms with Crippen LogP contribution in [0, 0.1) is 0 Å². The molecule has 0 saturated heterocycles.